The zero-order chi connectivity index (χ0) is 14.8. The summed E-state index contributed by atoms with van der Waals surface area (Å²) in [6, 6.07) is 12.4. The van der Waals surface area contributed by atoms with Crippen molar-refractivity contribution in [1.82, 2.24) is 4.90 Å². The Morgan fingerprint density at radius 2 is 2.00 bits per heavy atom. The summed E-state index contributed by atoms with van der Waals surface area (Å²) >= 11 is 3.44. The molecule has 3 nitrogen and oxygen atoms in total. The van der Waals surface area contributed by atoms with Gasteiger partial charge in [-0.1, -0.05) is 35.0 Å². The molecule has 21 heavy (non-hydrogen) atoms. The molecule has 1 N–H and O–H groups in total. The summed E-state index contributed by atoms with van der Waals surface area (Å²) in [6.07, 6.45) is 1.14. The molecule has 112 valence electrons. The summed E-state index contributed by atoms with van der Waals surface area (Å²) in [7, 11) is 0. The Labute approximate surface area is 133 Å². The lowest BCUT2D eigenvalue weighted by Gasteiger charge is -2.23. The van der Waals surface area contributed by atoms with Gasteiger partial charge in [-0.25, -0.2) is 0 Å². The molecule has 0 amide bonds. The van der Waals surface area contributed by atoms with Gasteiger partial charge in [-0.2, -0.15) is 0 Å². The van der Waals surface area contributed by atoms with Gasteiger partial charge < -0.3 is 9.52 Å². The van der Waals surface area contributed by atoms with E-state index in [1.807, 2.05) is 36.4 Å². The third-order valence-corrected chi connectivity index (χ3v) is 4.86. The summed E-state index contributed by atoms with van der Waals surface area (Å²) < 4.78 is 7.03. The number of benzene rings is 1. The highest BCUT2D eigenvalue weighted by atomic mass is 79.9. The SMILES string of the molecule is CC1CCN(Cc2ccc(-c3ccc(Br)cc3)o2)C1CO. The number of halogens is 1. The van der Waals surface area contributed by atoms with Gasteiger partial charge >= 0.3 is 0 Å². The predicted molar refractivity (Wildman–Crippen MR) is 86.9 cm³/mol. The molecule has 1 fully saturated rings. The van der Waals surface area contributed by atoms with Crippen molar-refractivity contribution in [3.05, 3.63) is 46.6 Å². The second-order valence-electron chi connectivity index (χ2n) is 5.76. The third-order valence-electron chi connectivity index (χ3n) is 4.33. The maximum Gasteiger partial charge on any atom is 0.134 e. The van der Waals surface area contributed by atoms with Gasteiger partial charge in [0.2, 0.25) is 0 Å². The average Bonchev–Trinajstić information content (AvgIpc) is 3.07. The average molecular weight is 350 g/mol. The molecule has 2 aromatic rings. The van der Waals surface area contributed by atoms with Crippen LogP contribution < -0.4 is 0 Å². The van der Waals surface area contributed by atoms with E-state index in [-0.39, 0.29) is 12.6 Å². The van der Waals surface area contributed by atoms with Gasteiger partial charge in [0.05, 0.1) is 13.2 Å². The van der Waals surface area contributed by atoms with Crippen molar-refractivity contribution < 1.29 is 9.52 Å². The highest BCUT2D eigenvalue weighted by Crippen LogP contribution is 2.28. The summed E-state index contributed by atoms with van der Waals surface area (Å²) in [5.41, 5.74) is 1.08. The molecule has 1 saturated heterocycles. The number of nitrogens with zero attached hydrogens (tertiary/aromatic N) is 1. The number of hydrogen-bond donors (Lipinski definition) is 1. The summed E-state index contributed by atoms with van der Waals surface area (Å²) in [5.74, 6) is 2.40. The van der Waals surface area contributed by atoms with Gasteiger partial charge in [0.1, 0.15) is 11.5 Å². The van der Waals surface area contributed by atoms with Crippen molar-refractivity contribution in [2.24, 2.45) is 5.92 Å². The Balaban J connectivity index is 1.72. The lowest BCUT2D eigenvalue weighted by molar-refractivity contribution is 0.128. The minimum Gasteiger partial charge on any atom is -0.460 e. The smallest absolute Gasteiger partial charge is 0.134 e. The molecule has 0 radical (unpaired) electrons. The zero-order valence-electron chi connectivity index (χ0n) is 12.1. The molecular formula is C17H20BrNO2. The number of furan rings is 1. The second kappa shape index (κ2) is 6.34. The van der Waals surface area contributed by atoms with Gasteiger partial charge in [0.25, 0.3) is 0 Å². The van der Waals surface area contributed by atoms with Gasteiger partial charge in [0.15, 0.2) is 0 Å². The van der Waals surface area contributed by atoms with Crippen molar-refractivity contribution in [3.8, 4) is 11.3 Å². The minimum absolute atomic E-state index is 0.224. The van der Waals surface area contributed by atoms with Crippen LogP contribution in [-0.2, 0) is 6.54 Å². The van der Waals surface area contributed by atoms with Crippen LogP contribution in [0.5, 0.6) is 0 Å². The maximum atomic E-state index is 9.52. The van der Waals surface area contributed by atoms with E-state index in [1.165, 1.54) is 0 Å². The quantitative estimate of drug-likeness (QED) is 0.908. The Hall–Kier alpha value is -1.10. The summed E-state index contributed by atoms with van der Waals surface area (Å²) in [5, 5.41) is 9.52. The fourth-order valence-electron chi connectivity index (χ4n) is 3.01. The van der Waals surface area contributed by atoms with E-state index in [0.29, 0.717) is 5.92 Å². The van der Waals surface area contributed by atoms with Crippen LogP contribution in [0.2, 0.25) is 0 Å². The first kappa shape index (κ1) is 14.8. The molecule has 1 aliphatic rings. The monoisotopic (exact) mass is 349 g/mol. The van der Waals surface area contributed by atoms with Crippen molar-refractivity contribution >= 4 is 15.9 Å². The highest BCUT2D eigenvalue weighted by molar-refractivity contribution is 9.10. The zero-order valence-corrected chi connectivity index (χ0v) is 13.7. The molecular weight excluding hydrogens is 330 g/mol. The maximum absolute atomic E-state index is 9.52. The van der Waals surface area contributed by atoms with Gasteiger partial charge in [-0.3, -0.25) is 4.90 Å². The lowest BCUT2D eigenvalue weighted by Crippen LogP contribution is -2.34. The molecule has 3 rings (SSSR count). The van der Waals surface area contributed by atoms with Crippen LogP contribution in [0.4, 0.5) is 0 Å². The predicted octanol–water partition coefficient (Wildman–Crippen LogP) is 3.91. The molecule has 0 saturated carbocycles. The van der Waals surface area contributed by atoms with E-state index in [9.17, 15) is 5.11 Å². The van der Waals surface area contributed by atoms with E-state index in [1.54, 1.807) is 0 Å². The van der Waals surface area contributed by atoms with Crippen LogP contribution in [0.15, 0.2) is 45.3 Å². The Morgan fingerprint density at radius 3 is 2.71 bits per heavy atom. The van der Waals surface area contributed by atoms with Crippen LogP contribution in [0.1, 0.15) is 19.1 Å². The number of rotatable bonds is 4. The fraction of sp³-hybridized carbons (Fsp3) is 0.412. The molecule has 1 aromatic heterocycles. The third kappa shape index (κ3) is 3.23. The van der Waals surface area contributed by atoms with Crippen LogP contribution in [-0.4, -0.2) is 29.2 Å². The minimum atomic E-state index is 0.224. The van der Waals surface area contributed by atoms with Crippen LogP contribution >= 0.6 is 15.9 Å². The number of aliphatic hydroxyl groups is 1. The molecule has 1 aromatic carbocycles. The van der Waals surface area contributed by atoms with Crippen LogP contribution in [0.3, 0.4) is 0 Å². The number of likely N-dealkylation sites (tertiary alicyclic amines) is 1. The van der Waals surface area contributed by atoms with Gasteiger partial charge in [-0.15, -0.1) is 0 Å². The molecule has 2 heterocycles. The largest absolute Gasteiger partial charge is 0.460 e. The molecule has 2 atom stereocenters. The molecule has 4 heteroatoms. The molecule has 0 aliphatic carbocycles. The van der Waals surface area contributed by atoms with Crippen molar-refractivity contribution in [3.63, 3.8) is 0 Å². The van der Waals surface area contributed by atoms with E-state index >= 15 is 0 Å². The Morgan fingerprint density at radius 1 is 1.24 bits per heavy atom. The number of aliphatic hydroxyl groups excluding tert-OH is 1. The van der Waals surface area contributed by atoms with E-state index < -0.39 is 0 Å². The van der Waals surface area contributed by atoms with Crippen LogP contribution in [0, 0.1) is 5.92 Å². The first-order valence-corrected chi connectivity index (χ1v) is 8.16. The Kier molecular flexibility index (Phi) is 4.48. The number of hydrogen-bond acceptors (Lipinski definition) is 3. The van der Waals surface area contributed by atoms with Gasteiger partial charge in [-0.05, 0) is 43.1 Å². The van der Waals surface area contributed by atoms with Crippen LogP contribution in [0.25, 0.3) is 11.3 Å². The lowest BCUT2D eigenvalue weighted by atomic mass is 10.0. The van der Waals surface area contributed by atoms with E-state index in [4.69, 9.17) is 4.42 Å². The van der Waals surface area contributed by atoms with E-state index in [0.717, 1.165) is 41.1 Å². The van der Waals surface area contributed by atoms with Gasteiger partial charge in [0, 0.05) is 16.1 Å². The fourth-order valence-corrected chi connectivity index (χ4v) is 3.28. The van der Waals surface area contributed by atoms with Crippen molar-refractivity contribution in [2.75, 3.05) is 13.2 Å². The molecule has 0 spiro atoms. The van der Waals surface area contributed by atoms with Crippen molar-refractivity contribution in [1.29, 1.82) is 0 Å². The molecule has 1 aliphatic heterocycles. The standard InChI is InChI=1S/C17H20BrNO2/c1-12-8-9-19(16(12)11-20)10-15-6-7-17(21-15)13-2-4-14(18)5-3-13/h2-7,12,16,20H,8-11H2,1H3. The summed E-state index contributed by atoms with van der Waals surface area (Å²) in [4.78, 5) is 2.31. The normalized spacial score (nSPS) is 22.8. The highest BCUT2D eigenvalue weighted by Gasteiger charge is 2.30. The second-order valence-corrected chi connectivity index (χ2v) is 6.67. The molecule has 0 bridgehead atoms. The molecule has 2 unspecified atom stereocenters. The Bertz CT molecular complexity index is 593. The van der Waals surface area contributed by atoms with Crippen molar-refractivity contribution in [2.45, 2.75) is 25.9 Å². The first-order valence-electron chi connectivity index (χ1n) is 7.37. The van der Waals surface area contributed by atoms with E-state index in [2.05, 4.69) is 27.8 Å². The topological polar surface area (TPSA) is 36.6 Å². The first-order chi connectivity index (χ1) is 10.2. The summed E-state index contributed by atoms with van der Waals surface area (Å²) in [6.45, 7) is 4.23.